The Morgan fingerprint density at radius 3 is 2.89 bits per heavy atom. The molecule has 1 aromatic carbocycles. The number of aromatic amines is 1. The van der Waals surface area contributed by atoms with Crippen LogP contribution in [-0.2, 0) is 16.1 Å². The van der Waals surface area contributed by atoms with E-state index >= 15 is 0 Å². The number of aromatic nitrogens is 2. The molecule has 0 radical (unpaired) electrons. The number of para-hydroxylation sites is 1. The van der Waals surface area contributed by atoms with Crippen molar-refractivity contribution in [2.45, 2.75) is 45.2 Å². The Morgan fingerprint density at radius 1 is 1.32 bits per heavy atom. The van der Waals surface area contributed by atoms with E-state index in [0.29, 0.717) is 42.3 Å². The Hall–Kier alpha value is -2.25. The zero-order valence-corrected chi connectivity index (χ0v) is 16.7. The van der Waals surface area contributed by atoms with Crippen LogP contribution in [0.3, 0.4) is 0 Å². The minimum atomic E-state index is -0.159. The Labute approximate surface area is 165 Å². The second kappa shape index (κ2) is 9.80. The molecule has 0 unspecified atom stereocenters. The van der Waals surface area contributed by atoms with Crippen LogP contribution in [0.4, 0.5) is 0 Å². The Bertz CT molecular complexity index is 851. The molecule has 0 spiro atoms. The van der Waals surface area contributed by atoms with E-state index in [2.05, 4.69) is 22.2 Å². The van der Waals surface area contributed by atoms with Gasteiger partial charge in [-0.3, -0.25) is 14.5 Å². The van der Waals surface area contributed by atoms with Crippen LogP contribution >= 0.6 is 0 Å². The minimum Gasteiger partial charge on any atom is -0.383 e. The molecule has 2 N–H and O–H groups in total. The molecular formula is C21H30N4O3. The number of nitrogens with zero attached hydrogens (tertiary/aromatic N) is 2. The van der Waals surface area contributed by atoms with Crippen LogP contribution in [-0.4, -0.2) is 53.6 Å². The van der Waals surface area contributed by atoms with Crippen LogP contribution in [0.1, 0.15) is 38.4 Å². The summed E-state index contributed by atoms with van der Waals surface area (Å²) < 4.78 is 5.19. The van der Waals surface area contributed by atoms with E-state index in [4.69, 9.17) is 4.74 Å². The summed E-state index contributed by atoms with van der Waals surface area (Å²) in [4.78, 5) is 34.3. The number of methoxy groups -OCH3 is 1. The monoisotopic (exact) mass is 386 g/mol. The average Bonchev–Trinajstić information content (AvgIpc) is 2.68. The van der Waals surface area contributed by atoms with Gasteiger partial charge in [0.15, 0.2) is 0 Å². The first-order valence-corrected chi connectivity index (χ1v) is 10.1. The van der Waals surface area contributed by atoms with Gasteiger partial charge in [-0.1, -0.05) is 31.9 Å². The van der Waals surface area contributed by atoms with E-state index < -0.39 is 0 Å². The maximum atomic E-state index is 12.6. The molecule has 1 saturated carbocycles. The van der Waals surface area contributed by atoms with Gasteiger partial charge in [0.1, 0.15) is 5.82 Å². The molecule has 3 rings (SSSR count). The van der Waals surface area contributed by atoms with Gasteiger partial charge < -0.3 is 15.0 Å². The van der Waals surface area contributed by atoms with Crippen LogP contribution < -0.4 is 10.9 Å². The molecule has 2 aromatic rings. The van der Waals surface area contributed by atoms with Gasteiger partial charge in [0, 0.05) is 19.7 Å². The number of hydrogen-bond donors (Lipinski definition) is 2. The van der Waals surface area contributed by atoms with Crippen LogP contribution in [0.25, 0.3) is 10.9 Å². The summed E-state index contributed by atoms with van der Waals surface area (Å²) in [7, 11) is 1.64. The van der Waals surface area contributed by atoms with Crippen molar-refractivity contribution in [3.05, 3.63) is 40.4 Å². The van der Waals surface area contributed by atoms with Crippen molar-refractivity contribution >= 4 is 16.8 Å². The maximum absolute atomic E-state index is 12.6. The molecule has 0 saturated heterocycles. The number of benzene rings is 1. The number of ether oxygens (including phenoxy) is 1. The lowest BCUT2D eigenvalue weighted by Crippen LogP contribution is -2.46. The van der Waals surface area contributed by atoms with Crippen LogP contribution in [0.5, 0.6) is 0 Å². The maximum Gasteiger partial charge on any atom is 0.258 e. The van der Waals surface area contributed by atoms with E-state index in [0.717, 1.165) is 6.42 Å². The van der Waals surface area contributed by atoms with Gasteiger partial charge in [-0.15, -0.1) is 0 Å². The zero-order chi connectivity index (χ0) is 19.9. The third-order valence-electron chi connectivity index (χ3n) is 5.47. The van der Waals surface area contributed by atoms with Crippen molar-refractivity contribution in [2.75, 3.05) is 26.8 Å². The summed E-state index contributed by atoms with van der Waals surface area (Å²) in [5.74, 6) is 1.08. The third-order valence-corrected chi connectivity index (χ3v) is 5.47. The molecular weight excluding hydrogens is 356 g/mol. The highest BCUT2D eigenvalue weighted by atomic mass is 16.5. The molecule has 152 valence electrons. The fourth-order valence-electron chi connectivity index (χ4n) is 3.84. The second-order valence-corrected chi connectivity index (χ2v) is 7.67. The summed E-state index contributed by atoms with van der Waals surface area (Å²) >= 11 is 0. The van der Waals surface area contributed by atoms with Crippen LogP contribution in [0.2, 0.25) is 0 Å². The normalized spacial score (nSPS) is 19.8. The SMILES string of the molecule is COCCN(CC(=O)N[C@@H]1CCCC[C@@H]1C)Cc1nc2ccccc2c(=O)[nH]1. The predicted octanol–water partition coefficient (Wildman–Crippen LogP) is 2.07. The van der Waals surface area contributed by atoms with Gasteiger partial charge in [-0.05, 0) is 30.9 Å². The lowest BCUT2D eigenvalue weighted by atomic mass is 9.86. The van der Waals surface area contributed by atoms with E-state index in [1.807, 2.05) is 23.1 Å². The largest absolute Gasteiger partial charge is 0.383 e. The third kappa shape index (κ3) is 5.39. The quantitative estimate of drug-likeness (QED) is 0.725. The molecule has 1 amide bonds. The van der Waals surface area contributed by atoms with Crippen LogP contribution in [0.15, 0.2) is 29.1 Å². The molecule has 7 nitrogen and oxygen atoms in total. The summed E-state index contributed by atoms with van der Waals surface area (Å²) in [6.45, 7) is 3.93. The van der Waals surface area contributed by atoms with Crippen molar-refractivity contribution in [1.82, 2.24) is 20.2 Å². The van der Waals surface area contributed by atoms with Crippen LogP contribution in [0, 0.1) is 5.92 Å². The number of hydrogen-bond acceptors (Lipinski definition) is 5. The molecule has 7 heteroatoms. The van der Waals surface area contributed by atoms with E-state index in [-0.39, 0.29) is 24.1 Å². The average molecular weight is 386 g/mol. The second-order valence-electron chi connectivity index (χ2n) is 7.67. The number of H-pyrrole nitrogens is 1. The Balaban J connectivity index is 1.68. The highest BCUT2D eigenvalue weighted by molar-refractivity contribution is 5.78. The van der Waals surface area contributed by atoms with Gasteiger partial charge in [-0.25, -0.2) is 4.98 Å². The molecule has 1 aliphatic rings. The number of carbonyl (C=O) groups excluding carboxylic acids is 1. The number of fused-ring (bicyclic) bond motifs is 1. The molecule has 1 fully saturated rings. The topological polar surface area (TPSA) is 87.3 Å². The Kier molecular flexibility index (Phi) is 7.17. The highest BCUT2D eigenvalue weighted by Crippen LogP contribution is 2.23. The number of amides is 1. The lowest BCUT2D eigenvalue weighted by Gasteiger charge is -2.30. The fraction of sp³-hybridized carbons (Fsp3) is 0.571. The molecule has 1 aromatic heterocycles. The lowest BCUT2D eigenvalue weighted by molar-refractivity contribution is -0.123. The first-order valence-electron chi connectivity index (χ1n) is 10.1. The van der Waals surface area contributed by atoms with E-state index in [1.54, 1.807) is 13.2 Å². The molecule has 1 aliphatic carbocycles. The van der Waals surface area contributed by atoms with Gasteiger partial charge in [-0.2, -0.15) is 0 Å². The molecule has 2 atom stereocenters. The van der Waals surface area contributed by atoms with Crippen molar-refractivity contribution in [2.24, 2.45) is 5.92 Å². The minimum absolute atomic E-state index is 0.0120. The van der Waals surface area contributed by atoms with Crippen molar-refractivity contribution in [1.29, 1.82) is 0 Å². The molecule has 28 heavy (non-hydrogen) atoms. The van der Waals surface area contributed by atoms with Gasteiger partial charge >= 0.3 is 0 Å². The standard InChI is InChI=1S/C21H30N4O3/c1-15-7-3-5-9-17(15)23-20(26)14-25(11-12-28-2)13-19-22-18-10-6-4-8-16(18)21(27)24-19/h4,6,8,10,15,17H,3,5,7,9,11-14H2,1-2H3,(H,23,26)(H,22,24,27)/t15-,17+/m0/s1. The van der Waals surface area contributed by atoms with E-state index in [1.165, 1.54) is 19.3 Å². The summed E-state index contributed by atoms with van der Waals surface area (Å²) in [5.41, 5.74) is 0.501. The predicted molar refractivity (Wildman–Crippen MR) is 109 cm³/mol. The first-order chi connectivity index (χ1) is 13.6. The molecule has 0 bridgehead atoms. The number of nitrogens with one attached hydrogen (secondary N) is 2. The fourth-order valence-corrected chi connectivity index (χ4v) is 3.84. The summed E-state index contributed by atoms with van der Waals surface area (Å²) in [6, 6.07) is 7.52. The molecule has 0 aliphatic heterocycles. The summed E-state index contributed by atoms with van der Waals surface area (Å²) in [6.07, 6.45) is 4.63. The van der Waals surface area contributed by atoms with Crippen molar-refractivity contribution in [3.63, 3.8) is 0 Å². The van der Waals surface area contributed by atoms with Gasteiger partial charge in [0.25, 0.3) is 5.56 Å². The zero-order valence-electron chi connectivity index (χ0n) is 16.7. The molecule has 1 heterocycles. The summed E-state index contributed by atoms with van der Waals surface area (Å²) in [5, 5.41) is 3.76. The van der Waals surface area contributed by atoms with Crippen molar-refractivity contribution < 1.29 is 9.53 Å². The first kappa shape index (κ1) is 20.5. The number of carbonyl (C=O) groups is 1. The smallest absolute Gasteiger partial charge is 0.258 e. The van der Waals surface area contributed by atoms with Gasteiger partial charge in [0.2, 0.25) is 5.91 Å². The Morgan fingerprint density at radius 2 is 2.11 bits per heavy atom. The van der Waals surface area contributed by atoms with Crippen molar-refractivity contribution in [3.8, 4) is 0 Å². The van der Waals surface area contributed by atoms with E-state index in [9.17, 15) is 9.59 Å². The number of rotatable bonds is 8. The highest BCUT2D eigenvalue weighted by Gasteiger charge is 2.23. The van der Waals surface area contributed by atoms with Gasteiger partial charge in [0.05, 0.1) is 30.6 Å².